The Bertz CT molecular complexity index is 1150. The van der Waals surface area contributed by atoms with E-state index in [1.807, 2.05) is 4.68 Å². The summed E-state index contributed by atoms with van der Waals surface area (Å²) in [5.74, 6) is 0.774. The van der Waals surface area contributed by atoms with E-state index in [0.29, 0.717) is 40.5 Å². The number of aromatic nitrogens is 5. The minimum atomic E-state index is -0.699. The monoisotopic (exact) mass is 440 g/mol. The molecular weight excluding hydrogens is 408 g/mol. The predicted molar refractivity (Wildman–Crippen MR) is 123 cm³/mol. The predicted octanol–water partition coefficient (Wildman–Crippen LogP) is 2.85. The summed E-state index contributed by atoms with van der Waals surface area (Å²) in [5, 5.41) is 14.7. The first-order valence-corrected chi connectivity index (χ1v) is 11.5. The van der Waals surface area contributed by atoms with Gasteiger partial charge in [0.2, 0.25) is 5.88 Å². The quantitative estimate of drug-likeness (QED) is 0.493. The highest BCUT2D eigenvalue weighted by atomic mass is 16.5. The van der Waals surface area contributed by atoms with Gasteiger partial charge in [0, 0.05) is 19.3 Å². The average molecular weight is 441 g/mol. The van der Waals surface area contributed by atoms with Crippen molar-refractivity contribution in [3.05, 3.63) is 33.9 Å². The number of fused-ring (bicyclic) bond motifs is 1. The number of H-pyrrole nitrogens is 1. The van der Waals surface area contributed by atoms with Gasteiger partial charge in [-0.1, -0.05) is 27.2 Å². The van der Waals surface area contributed by atoms with Gasteiger partial charge in [-0.05, 0) is 37.9 Å². The molecule has 0 aliphatic carbocycles. The Kier molecular flexibility index (Phi) is 6.57. The Balaban J connectivity index is 1.81. The minimum Gasteiger partial charge on any atom is -0.477 e. The Morgan fingerprint density at radius 3 is 2.72 bits per heavy atom. The lowest BCUT2D eigenvalue weighted by atomic mass is 10.1. The van der Waals surface area contributed by atoms with E-state index in [2.05, 4.69) is 40.7 Å². The standard InChI is InChI=1S/C23H32N6O3/c1-5-8-9-32-23-17(10-15(11-24-23)14(4)30)21-25-19-18(6-2)29(16-12-28(7-3)13-16)27-20(19)22(31)26-21/h10-11,14,16,30H,5-9,12-13H2,1-4H3,(H,25,26,31). The summed E-state index contributed by atoms with van der Waals surface area (Å²) in [6, 6.07) is 2.04. The molecule has 0 bridgehead atoms. The number of hydrogen-bond acceptors (Lipinski definition) is 7. The van der Waals surface area contributed by atoms with E-state index >= 15 is 0 Å². The molecule has 3 aromatic rings. The fraction of sp³-hybridized carbons (Fsp3) is 0.565. The average Bonchev–Trinajstić information content (AvgIpc) is 3.12. The van der Waals surface area contributed by atoms with E-state index in [9.17, 15) is 9.90 Å². The van der Waals surface area contributed by atoms with Crippen LogP contribution in [0.4, 0.5) is 0 Å². The molecule has 9 heteroatoms. The van der Waals surface area contributed by atoms with Crippen LogP contribution in [0.3, 0.4) is 0 Å². The van der Waals surface area contributed by atoms with Gasteiger partial charge in [-0.25, -0.2) is 9.97 Å². The van der Waals surface area contributed by atoms with Crippen LogP contribution in [0.25, 0.3) is 22.4 Å². The fourth-order valence-corrected chi connectivity index (χ4v) is 4.05. The molecule has 4 heterocycles. The van der Waals surface area contributed by atoms with Gasteiger partial charge >= 0.3 is 0 Å². The van der Waals surface area contributed by atoms with Crippen LogP contribution in [0.15, 0.2) is 17.1 Å². The highest BCUT2D eigenvalue weighted by Crippen LogP contribution is 2.30. The number of likely N-dealkylation sites (tertiary alicyclic amines) is 1. The summed E-state index contributed by atoms with van der Waals surface area (Å²) in [5.41, 5.74) is 2.84. The summed E-state index contributed by atoms with van der Waals surface area (Å²) >= 11 is 0. The van der Waals surface area contributed by atoms with Gasteiger partial charge in [0.15, 0.2) is 5.52 Å². The molecule has 1 atom stereocenters. The smallest absolute Gasteiger partial charge is 0.279 e. The summed E-state index contributed by atoms with van der Waals surface area (Å²) in [7, 11) is 0. The van der Waals surface area contributed by atoms with Crippen molar-refractivity contribution in [1.29, 1.82) is 0 Å². The van der Waals surface area contributed by atoms with Crippen molar-refractivity contribution in [2.75, 3.05) is 26.2 Å². The van der Waals surface area contributed by atoms with Crippen LogP contribution in [0.5, 0.6) is 5.88 Å². The Morgan fingerprint density at radius 2 is 2.06 bits per heavy atom. The van der Waals surface area contributed by atoms with E-state index in [1.54, 1.807) is 19.2 Å². The largest absolute Gasteiger partial charge is 0.477 e. The first-order valence-electron chi connectivity index (χ1n) is 11.5. The number of nitrogens with zero attached hydrogens (tertiary/aromatic N) is 5. The molecule has 0 spiro atoms. The lowest BCUT2D eigenvalue weighted by molar-refractivity contribution is 0.104. The van der Waals surface area contributed by atoms with Gasteiger partial charge in [0.1, 0.15) is 11.3 Å². The molecule has 1 unspecified atom stereocenters. The van der Waals surface area contributed by atoms with Crippen LogP contribution >= 0.6 is 0 Å². The lowest BCUT2D eigenvalue weighted by Gasteiger charge is -2.39. The third-order valence-corrected chi connectivity index (χ3v) is 6.06. The van der Waals surface area contributed by atoms with Gasteiger partial charge in [0.25, 0.3) is 5.56 Å². The zero-order chi connectivity index (χ0) is 22.8. The zero-order valence-corrected chi connectivity index (χ0v) is 19.3. The maximum atomic E-state index is 13.0. The van der Waals surface area contributed by atoms with Crippen molar-refractivity contribution < 1.29 is 9.84 Å². The second-order valence-electron chi connectivity index (χ2n) is 8.36. The van der Waals surface area contributed by atoms with Crippen LogP contribution in [-0.2, 0) is 6.42 Å². The molecule has 1 saturated heterocycles. The van der Waals surface area contributed by atoms with E-state index in [4.69, 9.17) is 9.72 Å². The summed E-state index contributed by atoms with van der Waals surface area (Å²) < 4.78 is 7.87. The van der Waals surface area contributed by atoms with Crippen molar-refractivity contribution >= 4 is 11.0 Å². The molecule has 0 saturated carbocycles. The van der Waals surface area contributed by atoms with Crippen LogP contribution in [0.1, 0.15) is 63.9 Å². The van der Waals surface area contributed by atoms with E-state index in [1.165, 1.54) is 0 Å². The molecule has 2 N–H and O–H groups in total. The van der Waals surface area contributed by atoms with Crippen molar-refractivity contribution in [1.82, 2.24) is 29.6 Å². The highest BCUT2D eigenvalue weighted by molar-refractivity contribution is 5.79. The van der Waals surface area contributed by atoms with Crippen LogP contribution in [0, 0.1) is 0 Å². The number of unbranched alkanes of at least 4 members (excludes halogenated alkanes) is 1. The van der Waals surface area contributed by atoms with Crippen molar-refractivity contribution in [2.45, 2.75) is 59.1 Å². The summed E-state index contributed by atoms with van der Waals surface area (Å²) in [6.07, 6.45) is 3.51. The number of aliphatic hydroxyl groups excluding tert-OH is 1. The second-order valence-corrected chi connectivity index (χ2v) is 8.36. The highest BCUT2D eigenvalue weighted by Gasteiger charge is 2.30. The number of aryl methyl sites for hydroxylation is 1. The van der Waals surface area contributed by atoms with E-state index < -0.39 is 6.10 Å². The van der Waals surface area contributed by atoms with Gasteiger partial charge < -0.3 is 14.8 Å². The number of likely N-dealkylation sites (N-methyl/N-ethyl adjacent to an activating group) is 1. The third kappa shape index (κ3) is 4.14. The number of ether oxygens (including phenoxy) is 1. The molecule has 1 aliphatic heterocycles. The Hall–Kier alpha value is -2.78. The maximum absolute atomic E-state index is 13.0. The van der Waals surface area contributed by atoms with Gasteiger partial charge in [-0.2, -0.15) is 5.10 Å². The topological polar surface area (TPSA) is 109 Å². The number of pyridine rings is 1. The van der Waals surface area contributed by atoms with Crippen molar-refractivity contribution in [2.24, 2.45) is 0 Å². The Labute approximate surface area is 187 Å². The van der Waals surface area contributed by atoms with Gasteiger partial charge in [-0.15, -0.1) is 0 Å². The zero-order valence-electron chi connectivity index (χ0n) is 19.3. The second kappa shape index (κ2) is 9.38. The number of aliphatic hydroxyl groups is 1. The number of hydrogen-bond donors (Lipinski definition) is 2. The summed E-state index contributed by atoms with van der Waals surface area (Å²) in [4.78, 5) is 27.4. The third-order valence-electron chi connectivity index (χ3n) is 6.06. The SMILES string of the molecule is CCCCOc1ncc(C(C)O)cc1-c1nc2c(CC)n(C3CN(CC)C3)nc2c(=O)[nH]1. The summed E-state index contributed by atoms with van der Waals surface area (Å²) in [6.45, 7) is 11.4. The molecule has 9 nitrogen and oxygen atoms in total. The van der Waals surface area contributed by atoms with Crippen LogP contribution < -0.4 is 10.3 Å². The Morgan fingerprint density at radius 1 is 1.28 bits per heavy atom. The van der Waals surface area contributed by atoms with Gasteiger partial charge in [-0.3, -0.25) is 14.4 Å². The number of rotatable bonds is 9. The molecule has 4 rings (SSSR count). The normalized spacial score (nSPS) is 15.8. The minimum absolute atomic E-state index is 0.259. The van der Waals surface area contributed by atoms with Gasteiger partial charge in [0.05, 0.1) is 30.0 Å². The lowest BCUT2D eigenvalue weighted by Crippen LogP contribution is -2.48. The van der Waals surface area contributed by atoms with Crippen molar-refractivity contribution in [3.63, 3.8) is 0 Å². The first kappa shape index (κ1) is 22.4. The van der Waals surface area contributed by atoms with E-state index in [0.717, 1.165) is 44.6 Å². The number of nitrogens with one attached hydrogen (secondary N) is 1. The molecular formula is C23H32N6O3. The van der Waals surface area contributed by atoms with Crippen molar-refractivity contribution in [3.8, 4) is 17.3 Å². The maximum Gasteiger partial charge on any atom is 0.279 e. The molecule has 3 aromatic heterocycles. The molecule has 0 radical (unpaired) electrons. The molecule has 32 heavy (non-hydrogen) atoms. The van der Waals surface area contributed by atoms with E-state index in [-0.39, 0.29) is 11.6 Å². The molecule has 1 aliphatic rings. The molecule has 0 amide bonds. The fourth-order valence-electron chi connectivity index (χ4n) is 4.05. The van der Waals surface area contributed by atoms with Crippen LogP contribution in [-0.4, -0.2) is 61.0 Å². The number of aromatic amines is 1. The molecule has 0 aromatic carbocycles. The van der Waals surface area contributed by atoms with Crippen LogP contribution in [0.2, 0.25) is 0 Å². The molecule has 1 fully saturated rings. The molecule has 172 valence electrons. The first-order chi connectivity index (χ1) is 15.5.